The van der Waals surface area contributed by atoms with Crippen LogP contribution in [0.3, 0.4) is 0 Å². The molecule has 2 N–H and O–H groups in total. The van der Waals surface area contributed by atoms with Gasteiger partial charge in [0.05, 0.1) is 0 Å². The van der Waals surface area contributed by atoms with Crippen molar-refractivity contribution in [3.05, 3.63) is 34.9 Å². The lowest BCUT2D eigenvalue weighted by molar-refractivity contribution is -0.121. The van der Waals surface area contributed by atoms with Gasteiger partial charge in [-0.15, -0.1) is 0 Å². The molecular weight excluding hydrogens is 362 g/mol. The standard InChI is InChI=1S/C20H30ClN5O/c1-22-20(23-10-2-3-19(27)24-18-8-9-18)26-13-11-25(12-14-26)15-16-4-6-17(21)7-5-16/h4-7,18H,2-3,8-15H2,1H3,(H,22,23)(H,24,27). The second kappa shape index (κ2) is 9.95. The van der Waals surface area contributed by atoms with Crippen LogP contribution in [0.5, 0.6) is 0 Å². The number of hydrogen-bond acceptors (Lipinski definition) is 3. The number of rotatable bonds is 7. The normalized spacial score (nSPS) is 18.4. The van der Waals surface area contributed by atoms with E-state index in [1.165, 1.54) is 5.56 Å². The maximum atomic E-state index is 11.7. The average molecular weight is 392 g/mol. The molecule has 0 atom stereocenters. The van der Waals surface area contributed by atoms with E-state index in [2.05, 4.69) is 37.6 Å². The zero-order chi connectivity index (χ0) is 19.1. The van der Waals surface area contributed by atoms with Crippen molar-refractivity contribution in [2.75, 3.05) is 39.8 Å². The molecule has 1 aromatic carbocycles. The molecule has 1 saturated carbocycles. The zero-order valence-electron chi connectivity index (χ0n) is 16.1. The number of aliphatic imine (C=N–C) groups is 1. The number of halogens is 1. The van der Waals surface area contributed by atoms with Crippen LogP contribution in [0.1, 0.15) is 31.2 Å². The molecule has 3 rings (SSSR count). The number of carbonyl (C=O) groups excluding carboxylic acids is 1. The van der Waals surface area contributed by atoms with Gasteiger partial charge in [-0.2, -0.15) is 0 Å². The fourth-order valence-electron chi connectivity index (χ4n) is 3.27. The summed E-state index contributed by atoms with van der Waals surface area (Å²) in [5.74, 6) is 1.11. The number of amides is 1. The van der Waals surface area contributed by atoms with Gasteiger partial charge in [0.25, 0.3) is 0 Å². The van der Waals surface area contributed by atoms with Crippen molar-refractivity contribution in [2.24, 2.45) is 4.99 Å². The van der Waals surface area contributed by atoms with Gasteiger partial charge in [-0.25, -0.2) is 0 Å². The van der Waals surface area contributed by atoms with Crippen molar-refractivity contribution >= 4 is 23.5 Å². The maximum Gasteiger partial charge on any atom is 0.220 e. The van der Waals surface area contributed by atoms with Gasteiger partial charge in [0.15, 0.2) is 5.96 Å². The molecule has 1 amide bonds. The minimum Gasteiger partial charge on any atom is -0.356 e. The molecule has 0 aromatic heterocycles. The van der Waals surface area contributed by atoms with Gasteiger partial charge in [0.1, 0.15) is 0 Å². The summed E-state index contributed by atoms with van der Waals surface area (Å²) in [6, 6.07) is 8.53. The predicted octanol–water partition coefficient (Wildman–Crippen LogP) is 2.09. The summed E-state index contributed by atoms with van der Waals surface area (Å²) < 4.78 is 0. The van der Waals surface area contributed by atoms with Crippen LogP contribution in [0.15, 0.2) is 29.3 Å². The van der Waals surface area contributed by atoms with Gasteiger partial charge in [-0.05, 0) is 37.0 Å². The Morgan fingerprint density at radius 3 is 2.52 bits per heavy atom. The molecule has 6 nitrogen and oxygen atoms in total. The van der Waals surface area contributed by atoms with E-state index in [1.54, 1.807) is 0 Å². The molecule has 148 valence electrons. The Morgan fingerprint density at radius 1 is 1.19 bits per heavy atom. The summed E-state index contributed by atoms with van der Waals surface area (Å²) in [5, 5.41) is 7.20. The van der Waals surface area contributed by atoms with E-state index in [4.69, 9.17) is 11.6 Å². The van der Waals surface area contributed by atoms with Gasteiger partial charge in [0, 0.05) is 63.8 Å². The lowest BCUT2D eigenvalue weighted by Gasteiger charge is -2.36. The SMILES string of the molecule is CN=C(NCCCC(=O)NC1CC1)N1CCN(Cc2ccc(Cl)cc2)CC1. The number of guanidine groups is 1. The lowest BCUT2D eigenvalue weighted by Crippen LogP contribution is -2.52. The van der Waals surface area contributed by atoms with Gasteiger partial charge in [-0.3, -0.25) is 14.7 Å². The predicted molar refractivity (Wildman–Crippen MR) is 110 cm³/mol. The summed E-state index contributed by atoms with van der Waals surface area (Å²) in [5.41, 5.74) is 1.29. The van der Waals surface area contributed by atoms with Crippen molar-refractivity contribution < 1.29 is 4.79 Å². The molecule has 1 aliphatic heterocycles. The highest BCUT2D eigenvalue weighted by Gasteiger charge is 2.23. The highest BCUT2D eigenvalue weighted by molar-refractivity contribution is 6.30. The summed E-state index contributed by atoms with van der Waals surface area (Å²) in [4.78, 5) is 20.9. The molecule has 2 aliphatic rings. The fraction of sp³-hybridized carbons (Fsp3) is 0.600. The monoisotopic (exact) mass is 391 g/mol. The minimum absolute atomic E-state index is 0.171. The van der Waals surface area contributed by atoms with E-state index in [0.29, 0.717) is 12.5 Å². The third-order valence-electron chi connectivity index (χ3n) is 5.01. The van der Waals surface area contributed by atoms with E-state index in [9.17, 15) is 4.79 Å². The second-order valence-electron chi connectivity index (χ2n) is 7.31. The molecule has 1 aromatic rings. The summed E-state index contributed by atoms with van der Waals surface area (Å²) in [6.07, 6.45) is 3.69. The van der Waals surface area contributed by atoms with E-state index in [-0.39, 0.29) is 5.91 Å². The van der Waals surface area contributed by atoms with Gasteiger partial charge >= 0.3 is 0 Å². The molecule has 27 heavy (non-hydrogen) atoms. The van der Waals surface area contributed by atoms with E-state index in [1.807, 2.05) is 19.2 Å². The third kappa shape index (κ3) is 6.70. The van der Waals surface area contributed by atoms with Crippen molar-refractivity contribution in [3.63, 3.8) is 0 Å². The van der Waals surface area contributed by atoms with Gasteiger partial charge < -0.3 is 15.5 Å². The lowest BCUT2D eigenvalue weighted by atomic mass is 10.2. The molecule has 2 fully saturated rings. The summed E-state index contributed by atoms with van der Waals surface area (Å²) >= 11 is 5.96. The zero-order valence-corrected chi connectivity index (χ0v) is 16.8. The second-order valence-corrected chi connectivity index (χ2v) is 7.75. The molecule has 0 bridgehead atoms. The first kappa shape index (κ1) is 20.0. The van der Waals surface area contributed by atoms with Crippen LogP contribution in [0.25, 0.3) is 0 Å². The summed E-state index contributed by atoms with van der Waals surface area (Å²) in [6.45, 7) is 5.65. The number of carbonyl (C=O) groups is 1. The first-order valence-corrected chi connectivity index (χ1v) is 10.2. The Kier molecular flexibility index (Phi) is 7.35. The molecule has 0 unspecified atom stereocenters. The quantitative estimate of drug-likeness (QED) is 0.424. The highest BCUT2D eigenvalue weighted by Crippen LogP contribution is 2.18. The Balaban J connectivity index is 1.34. The smallest absolute Gasteiger partial charge is 0.220 e. The number of nitrogens with zero attached hydrogens (tertiary/aromatic N) is 3. The Bertz CT molecular complexity index is 636. The highest BCUT2D eigenvalue weighted by atomic mass is 35.5. The molecule has 1 aliphatic carbocycles. The molecule has 0 spiro atoms. The Morgan fingerprint density at radius 2 is 1.89 bits per heavy atom. The van der Waals surface area contributed by atoms with Crippen LogP contribution < -0.4 is 10.6 Å². The number of nitrogens with one attached hydrogen (secondary N) is 2. The van der Waals surface area contributed by atoms with Crippen LogP contribution in [-0.2, 0) is 11.3 Å². The van der Waals surface area contributed by atoms with Crippen LogP contribution in [0.2, 0.25) is 5.02 Å². The minimum atomic E-state index is 0.171. The molecule has 7 heteroatoms. The Hall–Kier alpha value is -1.79. The molecular formula is C20H30ClN5O. The van der Waals surface area contributed by atoms with Crippen molar-refractivity contribution in [3.8, 4) is 0 Å². The summed E-state index contributed by atoms with van der Waals surface area (Å²) in [7, 11) is 1.82. The maximum absolute atomic E-state index is 11.7. The van der Waals surface area contributed by atoms with Gasteiger partial charge in [-0.1, -0.05) is 23.7 Å². The first-order valence-electron chi connectivity index (χ1n) is 9.86. The van der Waals surface area contributed by atoms with Crippen molar-refractivity contribution in [2.45, 2.75) is 38.3 Å². The first-order chi connectivity index (χ1) is 13.1. The van der Waals surface area contributed by atoms with Crippen LogP contribution in [-0.4, -0.2) is 67.5 Å². The fourth-order valence-corrected chi connectivity index (χ4v) is 3.40. The van der Waals surface area contributed by atoms with E-state index < -0.39 is 0 Å². The number of benzene rings is 1. The van der Waals surface area contributed by atoms with E-state index in [0.717, 1.165) is 69.5 Å². The van der Waals surface area contributed by atoms with Crippen LogP contribution in [0.4, 0.5) is 0 Å². The third-order valence-corrected chi connectivity index (χ3v) is 5.26. The van der Waals surface area contributed by atoms with Crippen molar-refractivity contribution in [1.82, 2.24) is 20.4 Å². The van der Waals surface area contributed by atoms with Gasteiger partial charge in [0.2, 0.25) is 5.91 Å². The molecule has 1 saturated heterocycles. The van der Waals surface area contributed by atoms with Crippen molar-refractivity contribution in [1.29, 1.82) is 0 Å². The number of piperazine rings is 1. The molecule has 1 heterocycles. The molecule has 0 radical (unpaired) electrons. The number of hydrogen-bond donors (Lipinski definition) is 2. The topological polar surface area (TPSA) is 60.0 Å². The Labute approximate surface area is 167 Å². The van der Waals surface area contributed by atoms with Crippen LogP contribution >= 0.6 is 11.6 Å². The van der Waals surface area contributed by atoms with E-state index >= 15 is 0 Å². The average Bonchev–Trinajstić information content (AvgIpc) is 3.48. The largest absolute Gasteiger partial charge is 0.356 e. The van der Waals surface area contributed by atoms with Crippen LogP contribution in [0, 0.1) is 0 Å².